The van der Waals surface area contributed by atoms with E-state index in [0.29, 0.717) is 5.88 Å². The third-order valence-electron chi connectivity index (χ3n) is 2.31. The molecule has 0 unspecified atom stereocenters. The molecule has 2 aromatic rings. The minimum atomic E-state index is 0.284. The van der Waals surface area contributed by atoms with E-state index in [4.69, 9.17) is 11.6 Å². The van der Waals surface area contributed by atoms with Gasteiger partial charge in [-0.25, -0.2) is 0 Å². The van der Waals surface area contributed by atoms with Crippen molar-refractivity contribution in [3.63, 3.8) is 0 Å². The Morgan fingerprint density at radius 3 is 2.94 bits per heavy atom. The summed E-state index contributed by atoms with van der Waals surface area (Å²) in [5, 5.41) is 19.5. The molecule has 0 bridgehead atoms. The number of phenolic OH excluding ortho intramolecular Hbond substituents is 1. The van der Waals surface area contributed by atoms with Crippen LogP contribution in [0.15, 0.2) is 18.2 Å². The fourth-order valence-corrected chi connectivity index (χ4v) is 2.61. The molecule has 0 saturated carbocycles. The van der Waals surface area contributed by atoms with E-state index in [-0.39, 0.29) is 5.75 Å². The molecule has 0 aliphatic heterocycles. The van der Waals surface area contributed by atoms with Crippen molar-refractivity contribution in [1.29, 1.82) is 0 Å². The molecular weight excluding hydrogens is 244 g/mol. The number of hydrogen-bond donors (Lipinski definition) is 1. The molecule has 0 saturated heterocycles. The lowest BCUT2D eigenvalue weighted by molar-refractivity contribution is 0.471. The molecular formula is C11H11ClN2OS. The molecule has 0 spiro atoms. The van der Waals surface area contributed by atoms with Crippen molar-refractivity contribution in [2.24, 2.45) is 0 Å². The van der Waals surface area contributed by atoms with Gasteiger partial charge in [0.05, 0.1) is 0 Å². The van der Waals surface area contributed by atoms with Crippen molar-refractivity contribution >= 4 is 22.9 Å². The highest BCUT2D eigenvalue weighted by Crippen LogP contribution is 2.31. The van der Waals surface area contributed by atoms with Crippen LogP contribution in [0.4, 0.5) is 0 Å². The van der Waals surface area contributed by atoms with Crippen molar-refractivity contribution in [3.8, 4) is 16.3 Å². The monoisotopic (exact) mass is 254 g/mol. The predicted octanol–water partition coefficient (Wildman–Crippen LogP) is 3.00. The van der Waals surface area contributed by atoms with E-state index in [9.17, 15) is 5.11 Å². The fraction of sp³-hybridized carbons (Fsp3) is 0.273. The van der Waals surface area contributed by atoms with Gasteiger partial charge in [0.1, 0.15) is 15.8 Å². The number of halogens is 1. The summed E-state index contributed by atoms with van der Waals surface area (Å²) in [6.45, 7) is 1.87. The Morgan fingerprint density at radius 2 is 2.19 bits per heavy atom. The Morgan fingerprint density at radius 1 is 1.38 bits per heavy atom. The largest absolute Gasteiger partial charge is 0.508 e. The van der Waals surface area contributed by atoms with Crippen LogP contribution in [0.3, 0.4) is 0 Å². The number of phenols is 1. The minimum Gasteiger partial charge on any atom is -0.508 e. The zero-order valence-electron chi connectivity index (χ0n) is 8.77. The summed E-state index contributed by atoms with van der Waals surface area (Å²) in [6, 6.07) is 5.40. The van der Waals surface area contributed by atoms with E-state index in [1.54, 1.807) is 12.1 Å². The second-order valence-electron chi connectivity index (χ2n) is 3.39. The minimum absolute atomic E-state index is 0.284. The third-order valence-corrected chi connectivity index (χ3v) is 3.52. The van der Waals surface area contributed by atoms with Gasteiger partial charge in [-0.05, 0) is 13.0 Å². The second-order valence-corrected chi connectivity index (χ2v) is 4.83. The first kappa shape index (κ1) is 11.4. The summed E-state index contributed by atoms with van der Waals surface area (Å²) in [5.74, 6) is 0.833. The molecule has 0 amide bonds. The summed E-state index contributed by atoms with van der Waals surface area (Å²) < 4.78 is 0. The van der Waals surface area contributed by atoms with Gasteiger partial charge in [-0.1, -0.05) is 23.5 Å². The molecule has 0 atom stereocenters. The predicted molar refractivity (Wildman–Crippen MR) is 66.2 cm³/mol. The van der Waals surface area contributed by atoms with Crippen LogP contribution in [-0.2, 0) is 6.42 Å². The number of alkyl halides is 1. The highest BCUT2D eigenvalue weighted by Gasteiger charge is 2.10. The zero-order valence-corrected chi connectivity index (χ0v) is 10.3. The van der Waals surface area contributed by atoms with Crippen LogP contribution in [-0.4, -0.2) is 21.2 Å². The van der Waals surface area contributed by atoms with Crippen molar-refractivity contribution in [3.05, 3.63) is 28.8 Å². The number of aromatic nitrogens is 2. The van der Waals surface area contributed by atoms with Gasteiger partial charge in [-0.3, -0.25) is 0 Å². The van der Waals surface area contributed by atoms with Gasteiger partial charge < -0.3 is 5.11 Å². The molecule has 1 aromatic carbocycles. The Labute approximate surface area is 103 Å². The van der Waals surface area contributed by atoms with Crippen LogP contribution in [0, 0.1) is 6.92 Å². The summed E-state index contributed by atoms with van der Waals surface area (Å²) in [5.41, 5.74) is 1.76. The molecule has 0 aliphatic rings. The number of rotatable bonds is 3. The standard InChI is InChI=1S/C11H11ClN2OS/c1-7-8(3-2-4-9(7)15)11-14-13-10(16-11)5-6-12/h2-4,15H,5-6H2,1H3. The van der Waals surface area contributed by atoms with Crippen LogP contribution in [0.25, 0.3) is 10.6 Å². The summed E-state index contributed by atoms with van der Waals surface area (Å²) >= 11 is 7.16. The van der Waals surface area contributed by atoms with Crippen LogP contribution >= 0.6 is 22.9 Å². The molecule has 0 radical (unpaired) electrons. The molecule has 0 aliphatic carbocycles. The van der Waals surface area contributed by atoms with Crippen LogP contribution in [0.5, 0.6) is 5.75 Å². The average Bonchev–Trinajstić information content (AvgIpc) is 2.71. The Hall–Kier alpha value is -1.13. The lowest BCUT2D eigenvalue weighted by Gasteiger charge is -2.02. The van der Waals surface area contributed by atoms with E-state index in [2.05, 4.69) is 10.2 Å². The molecule has 2 rings (SSSR count). The quantitative estimate of drug-likeness (QED) is 0.857. The fourth-order valence-electron chi connectivity index (χ4n) is 1.40. The van der Waals surface area contributed by atoms with Crippen molar-refractivity contribution < 1.29 is 5.11 Å². The van der Waals surface area contributed by atoms with Gasteiger partial charge in [0.2, 0.25) is 0 Å². The van der Waals surface area contributed by atoms with Crippen LogP contribution < -0.4 is 0 Å². The molecule has 1 heterocycles. The Bertz CT molecular complexity index is 498. The first-order chi connectivity index (χ1) is 7.72. The normalized spacial score (nSPS) is 10.6. The summed E-state index contributed by atoms with van der Waals surface area (Å²) in [7, 11) is 0. The highest BCUT2D eigenvalue weighted by molar-refractivity contribution is 7.14. The number of benzene rings is 1. The molecule has 0 fully saturated rings. The van der Waals surface area contributed by atoms with Crippen LogP contribution in [0.2, 0.25) is 0 Å². The van der Waals surface area contributed by atoms with E-state index in [1.165, 1.54) is 11.3 Å². The lowest BCUT2D eigenvalue weighted by Crippen LogP contribution is -1.83. The first-order valence-electron chi connectivity index (χ1n) is 4.89. The van der Waals surface area contributed by atoms with E-state index in [1.807, 2.05) is 13.0 Å². The molecule has 3 nitrogen and oxygen atoms in total. The van der Waals surface area contributed by atoms with Gasteiger partial charge in [0.15, 0.2) is 0 Å². The summed E-state index contributed by atoms with van der Waals surface area (Å²) in [4.78, 5) is 0. The maximum absolute atomic E-state index is 9.61. The average molecular weight is 255 g/mol. The number of aromatic hydroxyl groups is 1. The summed E-state index contributed by atoms with van der Waals surface area (Å²) in [6.07, 6.45) is 0.733. The van der Waals surface area contributed by atoms with Gasteiger partial charge in [0, 0.05) is 23.4 Å². The second kappa shape index (κ2) is 4.80. The van der Waals surface area contributed by atoms with Gasteiger partial charge in [-0.2, -0.15) is 0 Å². The molecule has 1 aromatic heterocycles. The van der Waals surface area contributed by atoms with Gasteiger partial charge >= 0.3 is 0 Å². The molecule has 84 valence electrons. The molecule has 16 heavy (non-hydrogen) atoms. The highest BCUT2D eigenvalue weighted by atomic mass is 35.5. The number of aryl methyl sites for hydroxylation is 1. The van der Waals surface area contributed by atoms with Gasteiger partial charge in [0.25, 0.3) is 0 Å². The number of hydrogen-bond acceptors (Lipinski definition) is 4. The maximum atomic E-state index is 9.61. The van der Waals surface area contributed by atoms with Crippen LogP contribution in [0.1, 0.15) is 10.6 Å². The maximum Gasteiger partial charge on any atom is 0.148 e. The smallest absolute Gasteiger partial charge is 0.148 e. The lowest BCUT2D eigenvalue weighted by atomic mass is 10.1. The van der Waals surface area contributed by atoms with Gasteiger partial charge in [-0.15, -0.1) is 21.8 Å². The Balaban J connectivity index is 2.39. The third kappa shape index (κ3) is 2.18. The molecule has 1 N–H and O–H groups in total. The topological polar surface area (TPSA) is 46.0 Å². The van der Waals surface area contributed by atoms with E-state index in [0.717, 1.165) is 27.6 Å². The van der Waals surface area contributed by atoms with Crippen molar-refractivity contribution in [1.82, 2.24) is 10.2 Å². The van der Waals surface area contributed by atoms with E-state index >= 15 is 0 Å². The van der Waals surface area contributed by atoms with Crippen molar-refractivity contribution in [2.45, 2.75) is 13.3 Å². The first-order valence-corrected chi connectivity index (χ1v) is 6.24. The van der Waals surface area contributed by atoms with E-state index < -0.39 is 0 Å². The SMILES string of the molecule is Cc1c(O)cccc1-c1nnc(CCCl)s1. The zero-order chi connectivity index (χ0) is 11.5. The molecule has 5 heteroatoms. The number of nitrogens with zero attached hydrogens (tertiary/aromatic N) is 2. The van der Waals surface area contributed by atoms with Crippen molar-refractivity contribution in [2.75, 3.05) is 5.88 Å². The Kier molecular flexibility index (Phi) is 3.41.